The Balaban J connectivity index is 2.46. The van der Waals surface area contributed by atoms with Crippen molar-refractivity contribution in [3.63, 3.8) is 0 Å². The normalized spacial score (nSPS) is 10.6. The first-order valence-electron chi connectivity index (χ1n) is 4.31. The van der Waals surface area contributed by atoms with Gasteiger partial charge >= 0.3 is 88.2 Å². The van der Waals surface area contributed by atoms with Gasteiger partial charge in [0.2, 0.25) is 0 Å². The molecule has 1 nitrogen and oxygen atoms in total. The molecule has 0 unspecified atom stereocenters. The third-order valence-electron chi connectivity index (χ3n) is 1.89. The molecule has 0 aliphatic carbocycles. The van der Waals surface area contributed by atoms with Crippen LogP contribution in [0.25, 0.3) is 9.31 Å². The second kappa shape index (κ2) is 3.79. The Morgan fingerprint density at radius 1 is 1.54 bits per heavy atom. The molecule has 0 amide bonds. The van der Waals surface area contributed by atoms with Gasteiger partial charge in [0, 0.05) is 0 Å². The number of hydrogen-bond acceptors (Lipinski definition) is 2. The maximum atomic E-state index is 4.53. The predicted molar refractivity (Wildman–Crippen MR) is 58.6 cm³/mol. The molecule has 0 saturated heterocycles. The minimum absolute atomic E-state index is 0.544. The van der Waals surface area contributed by atoms with Crippen LogP contribution in [0.15, 0.2) is 17.1 Å². The minimum atomic E-state index is 0.544. The van der Waals surface area contributed by atoms with E-state index in [-0.39, 0.29) is 0 Å². The van der Waals surface area contributed by atoms with Crippen molar-refractivity contribution in [1.82, 2.24) is 4.98 Å². The summed E-state index contributed by atoms with van der Waals surface area (Å²) >= 11 is 2.40. The first kappa shape index (κ1) is 9.19. The number of hydrogen-bond donors (Lipinski definition) is 0. The molecule has 0 N–H and O–H groups in total. The molecule has 0 aromatic carbocycles. The van der Waals surface area contributed by atoms with E-state index in [1.54, 1.807) is 0 Å². The Labute approximate surface area is 88.2 Å². The van der Waals surface area contributed by atoms with E-state index in [0.717, 1.165) is 6.42 Å². The van der Waals surface area contributed by atoms with Crippen LogP contribution in [-0.4, -0.2) is 19.5 Å². The van der Waals surface area contributed by atoms with Gasteiger partial charge in [-0.1, -0.05) is 0 Å². The van der Waals surface area contributed by atoms with Gasteiger partial charge in [-0.2, -0.15) is 0 Å². The van der Waals surface area contributed by atoms with Crippen LogP contribution >= 0.6 is 11.3 Å². The Morgan fingerprint density at radius 2 is 2.38 bits per heavy atom. The average Bonchev–Trinajstić information content (AvgIpc) is 2.72. The zero-order chi connectivity index (χ0) is 9.26. The van der Waals surface area contributed by atoms with Crippen molar-refractivity contribution in [3.8, 4) is 9.31 Å². The zero-order valence-corrected chi connectivity index (χ0v) is 10.2. The van der Waals surface area contributed by atoms with Crippen LogP contribution in [0.1, 0.15) is 17.6 Å². The van der Waals surface area contributed by atoms with Crippen LogP contribution in [0, 0.1) is 6.92 Å². The molecule has 2 aromatic heterocycles. The third-order valence-corrected chi connectivity index (χ3v) is 5.38. The van der Waals surface area contributed by atoms with Crippen LogP contribution in [0.4, 0.5) is 0 Å². The second-order valence-electron chi connectivity index (χ2n) is 2.85. The fourth-order valence-corrected chi connectivity index (χ4v) is 4.18. The molecule has 68 valence electrons. The van der Waals surface area contributed by atoms with Gasteiger partial charge in [0.1, 0.15) is 0 Å². The van der Waals surface area contributed by atoms with Gasteiger partial charge in [0.05, 0.1) is 0 Å². The molecule has 0 bridgehead atoms. The summed E-state index contributed by atoms with van der Waals surface area (Å²) in [6, 6.07) is 4.38. The number of thiazole rings is 1. The summed E-state index contributed by atoms with van der Waals surface area (Å²) in [5, 5.41) is 1.26. The fourth-order valence-electron chi connectivity index (χ4n) is 1.24. The standard InChI is InChI=1S/C10H11NSSe/c1-3-9-11-7(2)10(12-9)8-5-4-6-13-8/h4-6H,3H2,1-2H3. The summed E-state index contributed by atoms with van der Waals surface area (Å²) < 4.78 is 1.49. The number of rotatable bonds is 2. The predicted octanol–water partition coefficient (Wildman–Crippen LogP) is 2.74. The molecule has 0 saturated carbocycles. The molecule has 0 aliphatic heterocycles. The first-order valence-corrected chi connectivity index (χ1v) is 6.97. The van der Waals surface area contributed by atoms with Gasteiger partial charge in [-0.15, -0.1) is 0 Å². The van der Waals surface area contributed by atoms with E-state index >= 15 is 0 Å². The third kappa shape index (κ3) is 1.78. The quantitative estimate of drug-likeness (QED) is 0.753. The molecule has 2 rings (SSSR count). The molecule has 0 aliphatic rings. The Kier molecular flexibility index (Phi) is 2.68. The summed E-state index contributed by atoms with van der Waals surface area (Å²) in [5.74, 6) is 0. The van der Waals surface area contributed by atoms with Crippen molar-refractivity contribution in [2.75, 3.05) is 0 Å². The van der Waals surface area contributed by atoms with E-state index in [9.17, 15) is 0 Å². The van der Waals surface area contributed by atoms with Crippen LogP contribution in [0.5, 0.6) is 0 Å². The molecule has 13 heavy (non-hydrogen) atoms. The average molecular weight is 256 g/mol. The van der Waals surface area contributed by atoms with E-state index in [1.165, 1.54) is 20.0 Å². The Bertz CT molecular complexity index is 389. The van der Waals surface area contributed by atoms with Gasteiger partial charge < -0.3 is 0 Å². The van der Waals surface area contributed by atoms with Crippen molar-refractivity contribution in [2.24, 2.45) is 0 Å². The van der Waals surface area contributed by atoms with Gasteiger partial charge in [0.15, 0.2) is 0 Å². The summed E-state index contributed by atoms with van der Waals surface area (Å²) in [5.41, 5.74) is 1.21. The van der Waals surface area contributed by atoms with Crippen LogP contribution in [-0.2, 0) is 6.42 Å². The molecule has 2 heterocycles. The van der Waals surface area contributed by atoms with E-state index in [1.807, 2.05) is 11.3 Å². The Morgan fingerprint density at radius 3 is 2.92 bits per heavy atom. The molecule has 0 radical (unpaired) electrons. The Hall–Kier alpha value is -0.371. The molecule has 0 atom stereocenters. The van der Waals surface area contributed by atoms with Gasteiger partial charge in [-0.25, -0.2) is 0 Å². The van der Waals surface area contributed by atoms with Crippen LogP contribution in [0.2, 0.25) is 0 Å². The van der Waals surface area contributed by atoms with Crippen molar-refractivity contribution in [2.45, 2.75) is 20.3 Å². The van der Waals surface area contributed by atoms with Crippen LogP contribution < -0.4 is 0 Å². The zero-order valence-electron chi connectivity index (χ0n) is 7.70. The first-order chi connectivity index (χ1) is 6.31. The van der Waals surface area contributed by atoms with Crippen molar-refractivity contribution < 1.29 is 0 Å². The maximum absolute atomic E-state index is 4.53. The van der Waals surface area contributed by atoms with Gasteiger partial charge in [-0.05, 0) is 0 Å². The summed E-state index contributed by atoms with van der Waals surface area (Å²) in [6.07, 6.45) is 1.05. The summed E-state index contributed by atoms with van der Waals surface area (Å²) in [4.78, 5) is 8.20. The summed E-state index contributed by atoms with van der Waals surface area (Å²) in [6.45, 7) is 4.27. The van der Waals surface area contributed by atoms with Gasteiger partial charge in [-0.3, -0.25) is 0 Å². The molecular formula is C10H11NSSe. The number of nitrogens with zero attached hydrogens (tertiary/aromatic N) is 1. The number of aryl methyl sites for hydroxylation is 2. The van der Waals surface area contributed by atoms with Crippen LogP contribution in [0.3, 0.4) is 0 Å². The van der Waals surface area contributed by atoms with E-state index in [0.29, 0.717) is 14.5 Å². The van der Waals surface area contributed by atoms with Crippen molar-refractivity contribution in [3.05, 3.63) is 27.8 Å². The molecular weight excluding hydrogens is 245 g/mol. The molecule has 0 spiro atoms. The monoisotopic (exact) mass is 257 g/mol. The van der Waals surface area contributed by atoms with E-state index < -0.39 is 0 Å². The molecule has 3 heteroatoms. The second-order valence-corrected chi connectivity index (χ2v) is 5.92. The summed E-state index contributed by atoms with van der Waals surface area (Å²) in [7, 11) is 0. The SMILES string of the molecule is CCc1nc(C)c(-c2ccc[se]2)s1. The van der Waals surface area contributed by atoms with Crippen molar-refractivity contribution in [1.29, 1.82) is 0 Å². The number of aromatic nitrogens is 1. The molecule has 0 fully saturated rings. The molecule has 2 aromatic rings. The van der Waals surface area contributed by atoms with E-state index in [4.69, 9.17) is 0 Å². The fraction of sp³-hybridized carbons (Fsp3) is 0.300. The topological polar surface area (TPSA) is 12.9 Å². The van der Waals surface area contributed by atoms with Gasteiger partial charge in [0.25, 0.3) is 0 Å². The van der Waals surface area contributed by atoms with Crippen molar-refractivity contribution >= 4 is 25.8 Å². The van der Waals surface area contributed by atoms with E-state index in [2.05, 4.69) is 35.9 Å².